The molecule has 4 atom stereocenters. The number of nitrogens with zero attached hydrogens (tertiary/aromatic N) is 1. The van der Waals surface area contributed by atoms with Crippen LogP contribution in [0.25, 0.3) is 0 Å². The summed E-state index contributed by atoms with van der Waals surface area (Å²) in [4.78, 5) is 35.6. The quantitative estimate of drug-likeness (QED) is 0.298. The van der Waals surface area contributed by atoms with Gasteiger partial charge in [-0.25, -0.2) is 14.6 Å². The highest BCUT2D eigenvalue weighted by atomic mass is 17.2. The van der Waals surface area contributed by atoms with Gasteiger partial charge in [0.1, 0.15) is 18.8 Å². The molecule has 10 nitrogen and oxygen atoms in total. The highest BCUT2D eigenvalue weighted by molar-refractivity contribution is 5.03. The van der Waals surface area contributed by atoms with E-state index in [0.29, 0.717) is 0 Å². The average Bonchev–Trinajstić information content (AvgIpc) is 2.83. The average molecular weight is 332 g/mol. The lowest BCUT2D eigenvalue weighted by Crippen LogP contribution is -2.40. The smallest absolute Gasteiger partial charge is 0.330 e. The predicted octanol–water partition coefficient (Wildman–Crippen LogP) is -1.94. The maximum absolute atomic E-state index is 12.0. The zero-order valence-electron chi connectivity index (χ0n) is 12.8. The molecule has 0 spiro atoms. The van der Waals surface area contributed by atoms with Crippen molar-refractivity contribution in [2.75, 3.05) is 26.9 Å². The minimum absolute atomic E-state index is 0.107. The van der Waals surface area contributed by atoms with Crippen molar-refractivity contribution in [3.8, 4) is 0 Å². The summed E-state index contributed by atoms with van der Waals surface area (Å²) in [7, 11) is 1.49. The number of aryl methyl sites for hydroxylation is 1. The number of H-pyrrole nitrogens is 1. The van der Waals surface area contributed by atoms with Gasteiger partial charge in [-0.2, -0.15) is 0 Å². The zero-order chi connectivity index (χ0) is 17.0. The van der Waals surface area contributed by atoms with Crippen molar-refractivity contribution in [2.24, 2.45) is 0 Å². The van der Waals surface area contributed by atoms with Crippen molar-refractivity contribution >= 4 is 0 Å². The number of rotatable bonds is 7. The summed E-state index contributed by atoms with van der Waals surface area (Å²) in [6.45, 7) is 1.44. The molecule has 1 saturated heterocycles. The normalized spacial score (nSPS) is 27.5. The van der Waals surface area contributed by atoms with Crippen LogP contribution in [0, 0.1) is 6.92 Å². The second-order valence-electron chi connectivity index (χ2n) is 5.09. The second-order valence-corrected chi connectivity index (χ2v) is 5.09. The number of ether oxygens (including phenoxy) is 2. The molecule has 2 rings (SSSR count). The van der Waals surface area contributed by atoms with Crippen molar-refractivity contribution in [1.82, 2.24) is 9.55 Å². The Morgan fingerprint density at radius 1 is 1.39 bits per heavy atom. The van der Waals surface area contributed by atoms with Gasteiger partial charge in [0.05, 0.1) is 13.2 Å². The van der Waals surface area contributed by atoms with Gasteiger partial charge in [-0.3, -0.25) is 14.3 Å². The third kappa shape index (κ3) is 3.86. The fourth-order valence-electron chi connectivity index (χ4n) is 2.22. The maximum atomic E-state index is 12.0. The van der Waals surface area contributed by atoms with E-state index in [1.165, 1.54) is 20.2 Å². The number of aliphatic hydroxyl groups is 2. The Hall–Kier alpha value is -1.56. The van der Waals surface area contributed by atoms with Crippen molar-refractivity contribution in [2.45, 2.75) is 31.5 Å². The third-order valence-corrected chi connectivity index (χ3v) is 3.46. The number of hydrogen-bond donors (Lipinski definition) is 3. The van der Waals surface area contributed by atoms with Gasteiger partial charge in [0.25, 0.3) is 5.56 Å². The van der Waals surface area contributed by atoms with Gasteiger partial charge in [0, 0.05) is 18.9 Å². The van der Waals surface area contributed by atoms with Gasteiger partial charge >= 0.3 is 5.69 Å². The van der Waals surface area contributed by atoms with E-state index in [1.807, 2.05) is 0 Å². The number of aliphatic hydroxyl groups excluding tert-OH is 2. The Morgan fingerprint density at radius 2 is 2.13 bits per heavy atom. The highest BCUT2D eigenvalue weighted by Crippen LogP contribution is 2.30. The molecule has 0 aliphatic carbocycles. The van der Waals surface area contributed by atoms with E-state index in [1.54, 1.807) is 0 Å². The van der Waals surface area contributed by atoms with Crippen LogP contribution in [0.4, 0.5) is 0 Å². The van der Waals surface area contributed by atoms with Crippen LogP contribution >= 0.6 is 0 Å². The van der Waals surface area contributed by atoms with Crippen molar-refractivity contribution in [3.05, 3.63) is 32.6 Å². The predicted molar refractivity (Wildman–Crippen MR) is 75.8 cm³/mol. The molecule has 23 heavy (non-hydrogen) atoms. The zero-order valence-corrected chi connectivity index (χ0v) is 12.8. The van der Waals surface area contributed by atoms with Crippen molar-refractivity contribution < 1.29 is 29.5 Å². The largest absolute Gasteiger partial charge is 0.394 e. The number of nitrogens with one attached hydrogen (secondary N) is 1. The molecular formula is C13H20N2O8. The van der Waals surface area contributed by atoms with Gasteiger partial charge in [0.2, 0.25) is 0 Å². The molecule has 0 saturated carbocycles. The SMILES string of the molecule is COCCOO[C@@H]1[C@H](O)[C@@H](CO)O[C@H]1n1cc(C)c(=O)[nH]c1=O. The summed E-state index contributed by atoms with van der Waals surface area (Å²) in [5, 5.41) is 19.4. The van der Waals surface area contributed by atoms with Crippen LogP contribution in [0.1, 0.15) is 11.8 Å². The molecule has 1 aliphatic heterocycles. The van der Waals surface area contributed by atoms with Gasteiger partial charge in [-0.1, -0.05) is 0 Å². The first kappa shape index (κ1) is 17.8. The van der Waals surface area contributed by atoms with Crippen LogP contribution < -0.4 is 11.2 Å². The van der Waals surface area contributed by atoms with E-state index < -0.39 is 42.4 Å². The monoisotopic (exact) mass is 332 g/mol. The molecule has 3 N–H and O–H groups in total. The molecule has 130 valence electrons. The summed E-state index contributed by atoms with van der Waals surface area (Å²) >= 11 is 0. The molecule has 0 aromatic carbocycles. The van der Waals surface area contributed by atoms with Crippen LogP contribution in [-0.4, -0.2) is 65.0 Å². The Balaban J connectivity index is 2.24. The van der Waals surface area contributed by atoms with E-state index >= 15 is 0 Å². The first-order chi connectivity index (χ1) is 11.0. The standard InChI is InChI=1S/C13H20N2O8/c1-7-5-15(13(19)14-11(7)18)12-10(23-21-4-3-20-2)9(17)8(6-16)22-12/h5,8-10,12,16-17H,3-4,6H2,1-2H3,(H,14,18,19)/t8-,9-,10-,12-/m1/s1. The fraction of sp³-hybridized carbons (Fsp3) is 0.692. The van der Waals surface area contributed by atoms with E-state index in [2.05, 4.69) is 4.98 Å². The van der Waals surface area contributed by atoms with Crippen LogP contribution in [0.3, 0.4) is 0 Å². The van der Waals surface area contributed by atoms with Crippen LogP contribution in [0.2, 0.25) is 0 Å². The molecular weight excluding hydrogens is 312 g/mol. The lowest BCUT2D eigenvalue weighted by Gasteiger charge is -2.21. The Labute approximate surface area is 131 Å². The second kappa shape index (κ2) is 7.81. The Morgan fingerprint density at radius 3 is 2.78 bits per heavy atom. The molecule has 1 aliphatic rings. The van der Waals surface area contributed by atoms with E-state index in [0.717, 1.165) is 4.57 Å². The minimum atomic E-state index is -1.22. The van der Waals surface area contributed by atoms with Crippen LogP contribution in [-0.2, 0) is 19.2 Å². The summed E-state index contributed by atoms with van der Waals surface area (Å²) in [5.41, 5.74) is -0.951. The fourth-order valence-corrected chi connectivity index (χ4v) is 2.22. The van der Waals surface area contributed by atoms with Crippen molar-refractivity contribution in [1.29, 1.82) is 0 Å². The van der Waals surface area contributed by atoms with Crippen molar-refractivity contribution in [3.63, 3.8) is 0 Å². The van der Waals surface area contributed by atoms with Gasteiger partial charge in [-0.15, -0.1) is 0 Å². The Bertz CT molecular complexity index is 627. The molecule has 0 radical (unpaired) electrons. The first-order valence-electron chi connectivity index (χ1n) is 7.03. The molecule has 0 amide bonds. The molecule has 2 heterocycles. The lowest BCUT2D eigenvalue weighted by molar-refractivity contribution is -0.347. The number of aromatic nitrogens is 2. The molecule has 10 heteroatoms. The van der Waals surface area contributed by atoms with Crippen LogP contribution in [0.15, 0.2) is 15.8 Å². The van der Waals surface area contributed by atoms with Gasteiger partial charge in [-0.05, 0) is 6.92 Å². The van der Waals surface area contributed by atoms with Gasteiger partial charge < -0.3 is 19.7 Å². The van der Waals surface area contributed by atoms with E-state index in [-0.39, 0.29) is 18.8 Å². The summed E-state index contributed by atoms with van der Waals surface area (Å²) in [6, 6.07) is 0. The van der Waals surface area contributed by atoms with E-state index in [9.17, 15) is 19.8 Å². The molecule has 1 fully saturated rings. The summed E-state index contributed by atoms with van der Waals surface area (Å²) in [5.74, 6) is 0. The number of methoxy groups -OCH3 is 1. The maximum Gasteiger partial charge on any atom is 0.330 e. The number of hydrogen-bond acceptors (Lipinski definition) is 8. The first-order valence-corrected chi connectivity index (χ1v) is 7.03. The third-order valence-electron chi connectivity index (χ3n) is 3.46. The summed E-state index contributed by atoms with van der Waals surface area (Å²) < 4.78 is 11.3. The van der Waals surface area contributed by atoms with E-state index in [4.69, 9.17) is 19.2 Å². The highest BCUT2D eigenvalue weighted by Gasteiger charge is 2.46. The molecule has 1 aromatic heterocycles. The molecule has 1 aromatic rings. The number of aromatic amines is 1. The van der Waals surface area contributed by atoms with Gasteiger partial charge in [0.15, 0.2) is 12.3 Å². The summed E-state index contributed by atoms with van der Waals surface area (Å²) in [6.07, 6.45) is -2.99. The molecule has 0 unspecified atom stereocenters. The molecule has 0 bridgehead atoms. The lowest BCUT2D eigenvalue weighted by atomic mass is 10.1. The van der Waals surface area contributed by atoms with Crippen LogP contribution in [0.5, 0.6) is 0 Å². The Kier molecular flexibility index (Phi) is 6.04. The topological polar surface area (TPSA) is 132 Å². The minimum Gasteiger partial charge on any atom is -0.394 e.